The largest absolute Gasteiger partial charge is 0.396 e. The molecule has 0 unspecified atom stereocenters. The Hall–Kier alpha value is -3.50. The molecule has 35 heavy (non-hydrogen) atoms. The molecule has 2 heterocycles. The minimum absolute atomic E-state index is 0.206. The van der Waals surface area contributed by atoms with E-state index in [2.05, 4.69) is 15.3 Å². The Morgan fingerprint density at radius 3 is 2.23 bits per heavy atom. The number of primary amides is 2. The summed E-state index contributed by atoms with van der Waals surface area (Å²) in [6.45, 7) is 1.06. The van der Waals surface area contributed by atoms with E-state index in [0.717, 1.165) is 40.9 Å². The lowest BCUT2D eigenvalue weighted by atomic mass is 10.1. The van der Waals surface area contributed by atoms with E-state index in [9.17, 15) is 14.7 Å². The number of fused-ring (bicyclic) bond motifs is 6. The van der Waals surface area contributed by atoms with Crippen LogP contribution in [0.15, 0.2) is 30.3 Å². The first kappa shape index (κ1) is 22.0. The summed E-state index contributed by atoms with van der Waals surface area (Å²) in [5, 5.41) is 29.6. The fraction of sp³-hybridized carbons (Fsp3) is 0.440. The third kappa shape index (κ3) is 3.39. The monoisotopic (exact) mass is 476 g/mol. The van der Waals surface area contributed by atoms with E-state index in [4.69, 9.17) is 16.6 Å². The minimum Gasteiger partial charge on any atom is -0.396 e. The molecular formula is C25H28N6O4. The maximum absolute atomic E-state index is 11.6. The SMILES string of the molecule is NC(=O)c1n[nH]c2c1C[C@H]1[C@H](CO)[C@@H]21.NC(=O)c1nn(Cc2ccccc2)c2c1C[C@H]1[C@H](CO)[C@@H]21. The van der Waals surface area contributed by atoms with Gasteiger partial charge in [0.05, 0.1) is 6.54 Å². The third-order valence-corrected chi connectivity index (χ3v) is 8.25. The molecule has 0 saturated heterocycles. The number of H-pyrrole nitrogens is 1. The van der Waals surface area contributed by atoms with E-state index in [1.165, 1.54) is 0 Å². The molecule has 0 radical (unpaired) electrons. The number of nitrogens with zero attached hydrogens (tertiary/aromatic N) is 3. The van der Waals surface area contributed by atoms with Crippen molar-refractivity contribution in [2.45, 2.75) is 31.2 Å². The topological polar surface area (TPSA) is 173 Å². The molecule has 0 aliphatic heterocycles. The number of nitrogens with one attached hydrogen (secondary N) is 1. The molecule has 6 atom stereocenters. The van der Waals surface area contributed by atoms with Gasteiger partial charge in [-0.3, -0.25) is 19.4 Å². The first-order chi connectivity index (χ1) is 16.9. The van der Waals surface area contributed by atoms with Gasteiger partial charge in [0, 0.05) is 47.6 Å². The van der Waals surface area contributed by atoms with Crippen LogP contribution in [0.2, 0.25) is 0 Å². The molecule has 0 bridgehead atoms. The van der Waals surface area contributed by atoms with Crippen molar-refractivity contribution in [3.05, 3.63) is 69.8 Å². The quantitative estimate of drug-likeness (QED) is 0.342. The van der Waals surface area contributed by atoms with Crippen LogP contribution >= 0.6 is 0 Å². The number of aromatic nitrogens is 4. The van der Waals surface area contributed by atoms with Crippen molar-refractivity contribution in [1.82, 2.24) is 20.0 Å². The Labute approximate surface area is 201 Å². The van der Waals surface area contributed by atoms with E-state index in [1.807, 2.05) is 35.0 Å². The summed E-state index contributed by atoms with van der Waals surface area (Å²) in [4.78, 5) is 22.6. The number of rotatable bonds is 6. The van der Waals surface area contributed by atoms with Crippen LogP contribution in [0.1, 0.15) is 60.9 Å². The highest BCUT2D eigenvalue weighted by Gasteiger charge is 2.58. The number of carbonyl (C=O) groups excluding carboxylic acids is 2. The number of carbonyl (C=O) groups is 2. The zero-order valence-corrected chi connectivity index (χ0v) is 19.1. The van der Waals surface area contributed by atoms with Crippen molar-refractivity contribution in [2.24, 2.45) is 35.1 Å². The maximum atomic E-state index is 11.6. The lowest BCUT2D eigenvalue weighted by Gasteiger charge is -2.07. The molecule has 4 aliphatic rings. The molecule has 4 aliphatic carbocycles. The molecule has 182 valence electrons. The van der Waals surface area contributed by atoms with E-state index in [0.29, 0.717) is 53.4 Å². The molecule has 2 amide bonds. The Morgan fingerprint density at radius 1 is 0.943 bits per heavy atom. The Morgan fingerprint density at radius 2 is 1.57 bits per heavy atom. The second-order valence-electron chi connectivity index (χ2n) is 10.0. The van der Waals surface area contributed by atoms with Gasteiger partial charge in [-0.25, -0.2) is 0 Å². The third-order valence-electron chi connectivity index (χ3n) is 8.25. The standard InChI is InChI=1S/C16H17N3O2.C9H11N3O2/c17-16(21)14-11-6-10-12(8-20)13(10)15(11)19(18-14)7-9-4-2-1-3-5-9;10-9(14)8-4-1-3-5(2-13)6(3)7(4)11-12-8/h1-5,10,12-13,20H,6-8H2,(H2,17,21);3,5-6,13H,1-2H2,(H2,10,14)(H,11,12)/t10-,12-,13-;3-,5-,6-/m00/s1. The van der Waals surface area contributed by atoms with Gasteiger partial charge in [-0.1, -0.05) is 30.3 Å². The highest BCUT2D eigenvalue weighted by molar-refractivity contribution is 5.93. The van der Waals surface area contributed by atoms with E-state index >= 15 is 0 Å². The lowest BCUT2D eigenvalue weighted by Crippen LogP contribution is -2.15. The van der Waals surface area contributed by atoms with Crippen LogP contribution in [-0.2, 0) is 19.4 Å². The molecule has 2 saturated carbocycles. The van der Waals surface area contributed by atoms with Gasteiger partial charge in [0.15, 0.2) is 11.4 Å². The molecule has 1 aromatic carbocycles. The van der Waals surface area contributed by atoms with E-state index < -0.39 is 11.8 Å². The first-order valence-corrected chi connectivity index (χ1v) is 12.0. The zero-order chi connectivity index (χ0) is 24.4. The van der Waals surface area contributed by atoms with Crippen molar-refractivity contribution >= 4 is 11.8 Å². The van der Waals surface area contributed by atoms with Crippen LogP contribution in [0.4, 0.5) is 0 Å². The maximum Gasteiger partial charge on any atom is 0.269 e. The molecule has 7 rings (SSSR count). The number of amides is 2. The van der Waals surface area contributed by atoms with Gasteiger partial charge < -0.3 is 21.7 Å². The van der Waals surface area contributed by atoms with E-state index in [-0.39, 0.29) is 13.2 Å². The second-order valence-corrected chi connectivity index (χ2v) is 10.0. The summed E-state index contributed by atoms with van der Waals surface area (Å²) >= 11 is 0. The second kappa shape index (κ2) is 8.03. The number of nitrogens with two attached hydrogens (primary N) is 2. The average Bonchev–Trinajstić information content (AvgIpc) is 3.34. The number of benzene rings is 1. The highest BCUT2D eigenvalue weighted by Crippen LogP contribution is 2.62. The van der Waals surface area contributed by atoms with Crippen molar-refractivity contribution in [3.63, 3.8) is 0 Å². The number of aliphatic hydroxyl groups excluding tert-OH is 2. The molecule has 3 aromatic rings. The minimum atomic E-state index is -0.468. The van der Waals surface area contributed by atoms with Crippen molar-refractivity contribution < 1.29 is 19.8 Å². The van der Waals surface area contributed by atoms with Gasteiger partial charge in [-0.05, 0) is 42.1 Å². The number of aromatic amines is 1. The van der Waals surface area contributed by atoms with Gasteiger partial charge in [0.2, 0.25) is 0 Å². The first-order valence-electron chi connectivity index (χ1n) is 12.0. The lowest BCUT2D eigenvalue weighted by molar-refractivity contribution is 0.0985. The number of aliphatic hydroxyl groups is 2. The summed E-state index contributed by atoms with van der Waals surface area (Å²) in [5.74, 6) is 1.45. The number of hydrogen-bond donors (Lipinski definition) is 5. The molecular weight excluding hydrogens is 448 g/mol. The van der Waals surface area contributed by atoms with Crippen LogP contribution < -0.4 is 11.5 Å². The molecule has 10 heteroatoms. The Balaban J connectivity index is 0.000000141. The summed E-state index contributed by atoms with van der Waals surface area (Å²) in [6.07, 6.45) is 1.65. The van der Waals surface area contributed by atoms with Crippen LogP contribution in [-0.4, -0.2) is 55.2 Å². The summed E-state index contributed by atoms with van der Waals surface area (Å²) in [6, 6.07) is 10.0. The van der Waals surface area contributed by atoms with Gasteiger partial charge in [0.1, 0.15) is 0 Å². The van der Waals surface area contributed by atoms with Crippen LogP contribution in [0.5, 0.6) is 0 Å². The summed E-state index contributed by atoms with van der Waals surface area (Å²) in [5.41, 5.74) is 16.7. The molecule has 2 fully saturated rings. The van der Waals surface area contributed by atoms with Crippen molar-refractivity contribution in [3.8, 4) is 0 Å². The summed E-state index contributed by atoms with van der Waals surface area (Å²) in [7, 11) is 0. The van der Waals surface area contributed by atoms with E-state index in [1.54, 1.807) is 0 Å². The average molecular weight is 477 g/mol. The normalized spacial score (nSPS) is 28.3. The van der Waals surface area contributed by atoms with Gasteiger partial charge >= 0.3 is 0 Å². The fourth-order valence-corrected chi connectivity index (χ4v) is 6.48. The molecule has 2 aromatic heterocycles. The Kier molecular flexibility index (Phi) is 5.05. The Bertz CT molecular complexity index is 1310. The van der Waals surface area contributed by atoms with Crippen LogP contribution in [0.3, 0.4) is 0 Å². The highest BCUT2D eigenvalue weighted by atomic mass is 16.3. The van der Waals surface area contributed by atoms with Crippen molar-refractivity contribution in [2.75, 3.05) is 13.2 Å². The fourth-order valence-electron chi connectivity index (χ4n) is 6.48. The smallest absolute Gasteiger partial charge is 0.269 e. The van der Waals surface area contributed by atoms with Crippen LogP contribution in [0.25, 0.3) is 0 Å². The predicted octanol–water partition coefficient (Wildman–Crippen LogP) is 0.295. The summed E-state index contributed by atoms with van der Waals surface area (Å²) < 4.78 is 1.91. The van der Waals surface area contributed by atoms with Gasteiger partial charge in [-0.2, -0.15) is 10.2 Å². The van der Waals surface area contributed by atoms with Crippen LogP contribution in [0, 0.1) is 23.7 Å². The van der Waals surface area contributed by atoms with Crippen molar-refractivity contribution in [1.29, 1.82) is 0 Å². The van der Waals surface area contributed by atoms with Gasteiger partial charge in [0.25, 0.3) is 11.8 Å². The zero-order valence-electron chi connectivity index (χ0n) is 19.1. The van der Waals surface area contributed by atoms with Gasteiger partial charge in [-0.15, -0.1) is 0 Å². The number of hydrogen-bond acceptors (Lipinski definition) is 6. The molecule has 7 N–H and O–H groups in total. The molecule has 10 nitrogen and oxygen atoms in total. The predicted molar refractivity (Wildman–Crippen MR) is 124 cm³/mol. The molecule has 0 spiro atoms.